The summed E-state index contributed by atoms with van der Waals surface area (Å²) in [6.45, 7) is 1.61. The highest BCUT2D eigenvalue weighted by atomic mass is 35.5. The van der Waals surface area contributed by atoms with Gasteiger partial charge in [-0.3, -0.25) is 4.79 Å². The molecular formula is C17H19ClN4O2. The second kappa shape index (κ2) is 7.49. The first-order valence-corrected chi connectivity index (χ1v) is 8.27. The molecular weight excluding hydrogens is 328 g/mol. The van der Waals surface area contributed by atoms with Crippen molar-refractivity contribution in [2.24, 2.45) is 0 Å². The third-order valence-electron chi connectivity index (χ3n) is 3.95. The lowest BCUT2D eigenvalue weighted by atomic mass is 10.1. The minimum Gasteiger partial charge on any atom is -0.495 e. The lowest BCUT2D eigenvalue weighted by Crippen LogP contribution is -2.35. The number of carbonyl (C=O) groups is 1. The van der Waals surface area contributed by atoms with E-state index in [0.717, 1.165) is 25.9 Å². The van der Waals surface area contributed by atoms with Crippen LogP contribution in [0.15, 0.2) is 30.6 Å². The number of nitrogens with zero attached hydrogens (tertiary/aromatic N) is 3. The van der Waals surface area contributed by atoms with E-state index in [-0.39, 0.29) is 5.91 Å². The minimum atomic E-state index is -0.0124. The molecule has 2 aromatic rings. The van der Waals surface area contributed by atoms with Crippen molar-refractivity contribution in [2.45, 2.75) is 19.3 Å². The van der Waals surface area contributed by atoms with E-state index in [0.29, 0.717) is 28.0 Å². The van der Waals surface area contributed by atoms with Crippen LogP contribution in [0.2, 0.25) is 5.02 Å². The minimum absolute atomic E-state index is 0.0124. The number of benzene rings is 1. The highest BCUT2D eigenvalue weighted by Crippen LogP contribution is 2.29. The molecule has 1 aliphatic heterocycles. The van der Waals surface area contributed by atoms with Gasteiger partial charge in [0, 0.05) is 30.5 Å². The fourth-order valence-corrected chi connectivity index (χ4v) is 2.85. The van der Waals surface area contributed by atoms with E-state index in [2.05, 4.69) is 15.3 Å². The van der Waals surface area contributed by atoms with E-state index in [1.165, 1.54) is 6.42 Å². The molecule has 3 rings (SSSR count). The van der Waals surface area contributed by atoms with Crippen molar-refractivity contribution in [3.63, 3.8) is 0 Å². The van der Waals surface area contributed by atoms with E-state index in [1.54, 1.807) is 37.7 Å². The van der Waals surface area contributed by atoms with Crippen molar-refractivity contribution >= 4 is 29.1 Å². The smallest absolute Gasteiger partial charge is 0.256 e. The molecule has 1 aromatic heterocycles. The third-order valence-corrected chi connectivity index (χ3v) is 4.19. The Morgan fingerprint density at radius 2 is 1.92 bits per heavy atom. The highest BCUT2D eigenvalue weighted by Gasteiger charge is 2.18. The Balaban J connectivity index is 1.73. The lowest BCUT2D eigenvalue weighted by molar-refractivity contribution is 0.0723. The first kappa shape index (κ1) is 16.5. The van der Waals surface area contributed by atoms with Crippen LogP contribution < -0.4 is 10.1 Å². The second-order valence-electron chi connectivity index (χ2n) is 5.62. The van der Waals surface area contributed by atoms with E-state index >= 15 is 0 Å². The molecule has 0 spiro atoms. The summed E-state index contributed by atoms with van der Waals surface area (Å²) in [6, 6.07) is 5.24. The van der Waals surface area contributed by atoms with Crippen molar-refractivity contribution in [1.29, 1.82) is 0 Å². The highest BCUT2D eigenvalue weighted by molar-refractivity contribution is 6.31. The molecule has 1 N–H and O–H groups in total. The molecule has 0 bridgehead atoms. The molecule has 0 radical (unpaired) electrons. The predicted octanol–water partition coefficient (Wildman–Crippen LogP) is 3.51. The van der Waals surface area contributed by atoms with Gasteiger partial charge in [-0.2, -0.15) is 0 Å². The molecule has 1 amide bonds. The Labute approximate surface area is 145 Å². The Kier molecular flexibility index (Phi) is 5.15. The summed E-state index contributed by atoms with van der Waals surface area (Å²) in [6.07, 6.45) is 6.39. The summed E-state index contributed by atoms with van der Waals surface area (Å²) in [5, 5.41) is 3.63. The second-order valence-corrected chi connectivity index (χ2v) is 6.05. The molecule has 0 atom stereocenters. The monoisotopic (exact) mass is 346 g/mol. The normalized spacial score (nSPS) is 14.3. The molecule has 0 aliphatic carbocycles. The molecule has 1 aliphatic rings. The summed E-state index contributed by atoms with van der Waals surface area (Å²) in [5.41, 5.74) is 1.17. The van der Waals surface area contributed by atoms with Crippen LogP contribution in [0.4, 0.5) is 11.6 Å². The van der Waals surface area contributed by atoms with Gasteiger partial charge in [0.1, 0.15) is 5.75 Å². The van der Waals surface area contributed by atoms with E-state index in [9.17, 15) is 4.79 Å². The summed E-state index contributed by atoms with van der Waals surface area (Å²) in [7, 11) is 1.58. The van der Waals surface area contributed by atoms with Gasteiger partial charge in [0.15, 0.2) is 0 Å². The predicted molar refractivity (Wildman–Crippen MR) is 93.1 cm³/mol. The summed E-state index contributed by atoms with van der Waals surface area (Å²) >= 11 is 6.01. The fraction of sp³-hybridized carbons (Fsp3) is 0.353. The van der Waals surface area contributed by atoms with Crippen molar-refractivity contribution in [3.05, 3.63) is 41.2 Å². The number of anilines is 2. The standard InChI is InChI=1S/C17H19ClN4O2/c1-24-15-6-5-13(18)9-14(15)21-17-19-10-12(11-20-17)16(23)22-7-3-2-4-8-22/h5-6,9-11H,2-4,7-8H2,1H3,(H,19,20,21). The van der Waals surface area contributed by atoms with Gasteiger partial charge in [-0.25, -0.2) is 9.97 Å². The average molecular weight is 347 g/mol. The number of carbonyl (C=O) groups excluding carboxylic acids is 1. The van der Waals surface area contributed by atoms with Gasteiger partial charge in [0.25, 0.3) is 5.91 Å². The number of rotatable bonds is 4. The maximum atomic E-state index is 12.4. The van der Waals surface area contributed by atoms with Gasteiger partial charge in [-0.05, 0) is 37.5 Å². The van der Waals surface area contributed by atoms with E-state index in [4.69, 9.17) is 16.3 Å². The Hall–Kier alpha value is -2.34. The Bertz CT molecular complexity index is 715. The van der Waals surface area contributed by atoms with Crippen molar-refractivity contribution in [1.82, 2.24) is 14.9 Å². The Morgan fingerprint density at radius 1 is 1.21 bits per heavy atom. The summed E-state index contributed by atoms with van der Waals surface area (Å²) in [5.74, 6) is 1.00. The summed E-state index contributed by atoms with van der Waals surface area (Å²) < 4.78 is 5.28. The zero-order chi connectivity index (χ0) is 16.9. The molecule has 7 heteroatoms. The number of nitrogens with one attached hydrogen (secondary N) is 1. The lowest BCUT2D eigenvalue weighted by Gasteiger charge is -2.26. The molecule has 126 valence electrons. The fourth-order valence-electron chi connectivity index (χ4n) is 2.68. The van der Waals surface area contributed by atoms with Gasteiger partial charge >= 0.3 is 0 Å². The van der Waals surface area contributed by atoms with Crippen molar-refractivity contribution in [2.75, 3.05) is 25.5 Å². The van der Waals surface area contributed by atoms with Gasteiger partial charge in [0.2, 0.25) is 5.95 Å². The number of likely N-dealkylation sites (tertiary alicyclic amines) is 1. The van der Waals surface area contributed by atoms with Crippen LogP contribution in [-0.4, -0.2) is 41.0 Å². The first-order valence-electron chi connectivity index (χ1n) is 7.89. The van der Waals surface area contributed by atoms with Crippen LogP contribution in [0.5, 0.6) is 5.75 Å². The SMILES string of the molecule is COc1ccc(Cl)cc1Nc1ncc(C(=O)N2CCCCC2)cn1. The molecule has 0 unspecified atom stereocenters. The number of ether oxygens (including phenoxy) is 1. The van der Waals surface area contributed by atoms with Crippen LogP contribution in [0, 0.1) is 0 Å². The van der Waals surface area contributed by atoms with Crippen molar-refractivity contribution < 1.29 is 9.53 Å². The number of hydrogen-bond donors (Lipinski definition) is 1. The summed E-state index contributed by atoms with van der Waals surface area (Å²) in [4.78, 5) is 22.7. The third kappa shape index (κ3) is 3.76. The number of hydrogen-bond acceptors (Lipinski definition) is 5. The largest absolute Gasteiger partial charge is 0.495 e. The maximum Gasteiger partial charge on any atom is 0.256 e. The van der Waals surface area contributed by atoms with Crippen LogP contribution in [0.3, 0.4) is 0 Å². The number of amides is 1. The molecule has 1 aromatic carbocycles. The molecule has 1 fully saturated rings. The van der Waals surface area contributed by atoms with E-state index in [1.807, 2.05) is 4.90 Å². The van der Waals surface area contributed by atoms with Crippen molar-refractivity contribution in [3.8, 4) is 5.75 Å². The van der Waals surface area contributed by atoms with Crippen LogP contribution >= 0.6 is 11.6 Å². The van der Waals surface area contributed by atoms with Crippen LogP contribution in [0.1, 0.15) is 29.6 Å². The average Bonchev–Trinajstić information content (AvgIpc) is 2.63. The van der Waals surface area contributed by atoms with Gasteiger partial charge in [-0.15, -0.1) is 0 Å². The quantitative estimate of drug-likeness (QED) is 0.917. The number of methoxy groups -OCH3 is 1. The van der Waals surface area contributed by atoms with Gasteiger partial charge in [-0.1, -0.05) is 11.6 Å². The van der Waals surface area contributed by atoms with Crippen LogP contribution in [-0.2, 0) is 0 Å². The molecule has 1 saturated heterocycles. The number of piperidine rings is 1. The maximum absolute atomic E-state index is 12.4. The first-order chi connectivity index (χ1) is 11.7. The molecule has 0 saturated carbocycles. The Morgan fingerprint density at radius 3 is 2.58 bits per heavy atom. The number of aromatic nitrogens is 2. The van der Waals surface area contributed by atoms with E-state index < -0.39 is 0 Å². The zero-order valence-corrected chi connectivity index (χ0v) is 14.2. The number of halogens is 1. The molecule has 6 nitrogen and oxygen atoms in total. The van der Waals surface area contributed by atoms with Gasteiger partial charge < -0.3 is 15.0 Å². The zero-order valence-electron chi connectivity index (χ0n) is 13.5. The molecule has 24 heavy (non-hydrogen) atoms. The molecule has 2 heterocycles. The van der Waals surface area contributed by atoms with Gasteiger partial charge in [0.05, 0.1) is 18.4 Å². The van der Waals surface area contributed by atoms with Crippen LogP contribution in [0.25, 0.3) is 0 Å². The topological polar surface area (TPSA) is 67.3 Å².